The summed E-state index contributed by atoms with van der Waals surface area (Å²) >= 11 is 0. The molecular formula is C15H20N2O3. The molecule has 0 radical (unpaired) electrons. The lowest BCUT2D eigenvalue weighted by Crippen LogP contribution is -2.42. The molecule has 1 heterocycles. The quantitative estimate of drug-likeness (QED) is 0.912. The first-order valence-electron chi connectivity index (χ1n) is 6.73. The van der Waals surface area contributed by atoms with E-state index in [-0.39, 0.29) is 11.8 Å². The van der Waals surface area contributed by atoms with Crippen molar-refractivity contribution in [2.24, 2.45) is 5.92 Å². The Morgan fingerprint density at radius 3 is 2.35 bits per heavy atom. The zero-order valence-electron chi connectivity index (χ0n) is 12.0. The molecule has 5 heteroatoms. The number of likely N-dealkylation sites (tertiary alicyclic amines) is 1. The third-order valence-corrected chi connectivity index (χ3v) is 3.84. The third kappa shape index (κ3) is 2.61. The summed E-state index contributed by atoms with van der Waals surface area (Å²) in [6.45, 7) is 2.38. The molecule has 1 aliphatic heterocycles. The average molecular weight is 276 g/mol. The Labute approximate surface area is 118 Å². The van der Waals surface area contributed by atoms with E-state index in [1.54, 1.807) is 12.1 Å². The molecule has 108 valence electrons. The number of amides is 1. The van der Waals surface area contributed by atoms with Crippen LogP contribution in [0.1, 0.15) is 23.7 Å². The summed E-state index contributed by atoms with van der Waals surface area (Å²) in [6, 6.07) is 6.51. The largest absolute Gasteiger partial charge is 0.480 e. The topological polar surface area (TPSA) is 60.9 Å². The Morgan fingerprint density at radius 1 is 1.25 bits per heavy atom. The molecule has 20 heavy (non-hydrogen) atoms. The van der Waals surface area contributed by atoms with Crippen LogP contribution in [0.2, 0.25) is 0 Å². The molecule has 5 nitrogen and oxygen atoms in total. The first-order chi connectivity index (χ1) is 9.41. The second-order valence-electron chi connectivity index (χ2n) is 5.49. The highest BCUT2D eigenvalue weighted by Gasteiger charge is 2.39. The van der Waals surface area contributed by atoms with Gasteiger partial charge in [-0.3, -0.25) is 4.79 Å². The van der Waals surface area contributed by atoms with E-state index in [0.29, 0.717) is 12.1 Å². The van der Waals surface area contributed by atoms with Crippen LogP contribution in [0.5, 0.6) is 0 Å². The fourth-order valence-corrected chi connectivity index (χ4v) is 2.62. The van der Waals surface area contributed by atoms with E-state index >= 15 is 0 Å². The number of carbonyl (C=O) groups excluding carboxylic acids is 1. The molecule has 1 aromatic rings. The number of carboxylic acids is 1. The number of carboxylic acid groups (broad SMARTS) is 1. The van der Waals surface area contributed by atoms with Crippen molar-refractivity contribution in [2.45, 2.75) is 19.4 Å². The second-order valence-corrected chi connectivity index (χ2v) is 5.49. The number of benzene rings is 1. The summed E-state index contributed by atoms with van der Waals surface area (Å²) in [4.78, 5) is 27.2. The molecule has 2 unspecified atom stereocenters. The molecular weight excluding hydrogens is 256 g/mol. The van der Waals surface area contributed by atoms with Crippen molar-refractivity contribution in [3.63, 3.8) is 0 Å². The van der Waals surface area contributed by atoms with Gasteiger partial charge in [0.25, 0.3) is 5.91 Å². The van der Waals surface area contributed by atoms with Crippen LogP contribution < -0.4 is 4.90 Å². The van der Waals surface area contributed by atoms with E-state index in [2.05, 4.69) is 0 Å². The predicted octanol–water partition coefficient (Wildman–Crippen LogP) is 1.69. The van der Waals surface area contributed by atoms with Crippen LogP contribution >= 0.6 is 0 Å². The first-order valence-corrected chi connectivity index (χ1v) is 6.73. The first kappa shape index (κ1) is 14.4. The van der Waals surface area contributed by atoms with Crippen molar-refractivity contribution in [3.8, 4) is 0 Å². The summed E-state index contributed by atoms with van der Waals surface area (Å²) in [5, 5.41) is 9.27. The monoisotopic (exact) mass is 276 g/mol. The fourth-order valence-electron chi connectivity index (χ4n) is 2.62. The summed E-state index contributed by atoms with van der Waals surface area (Å²) in [6.07, 6.45) is 0.735. The lowest BCUT2D eigenvalue weighted by atomic mass is 10.0. The normalized spacial score (nSPS) is 21.9. The van der Waals surface area contributed by atoms with Crippen LogP contribution in [0.4, 0.5) is 5.69 Å². The minimum atomic E-state index is -0.923. The van der Waals surface area contributed by atoms with Gasteiger partial charge in [-0.15, -0.1) is 0 Å². The van der Waals surface area contributed by atoms with Gasteiger partial charge in [-0.1, -0.05) is 6.92 Å². The summed E-state index contributed by atoms with van der Waals surface area (Å²) in [7, 11) is 3.86. The fraction of sp³-hybridized carbons (Fsp3) is 0.467. The molecule has 1 N–H and O–H groups in total. The van der Waals surface area contributed by atoms with Gasteiger partial charge in [-0.25, -0.2) is 4.79 Å². The summed E-state index contributed by atoms with van der Waals surface area (Å²) < 4.78 is 0. The van der Waals surface area contributed by atoms with Gasteiger partial charge in [-0.05, 0) is 36.6 Å². The SMILES string of the molecule is CC1CCN(C(=O)c2ccc(N(C)C)cc2)C1C(=O)O. The predicted molar refractivity (Wildman–Crippen MR) is 77.0 cm³/mol. The van der Waals surface area contributed by atoms with Crippen LogP contribution in [0.3, 0.4) is 0 Å². The van der Waals surface area contributed by atoms with Gasteiger partial charge in [0.1, 0.15) is 6.04 Å². The Kier molecular flexibility index (Phi) is 3.97. The zero-order chi connectivity index (χ0) is 14.9. The molecule has 0 aliphatic carbocycles. The highest BCUT2D eigenvalue weighted by molar-refractivity contribution is 5.97. The van der Waals surface area contributed by atoms with Crippen molar-refractivity contribution in [3.05, 3.63) is 29.8 Å². The molecule has 0 aromatic heterocycles. The lowest BCUT2D eigenvalue weighted by molar-refractivity contribution is -0.142. The van der Waals surface area contributed by atoms with Gasteiger partial charge >= 0.3 is 5.97 Å². The Bertz CT molecular complexity index is 510. The van der Waals surface area contributed by atoms with E-state index in [1.165, 1.54) is 4.90 Å². The molecule has 0 saturated carbocycles. The highest BCUT2D eigenvalue weighted by atomic mass is 16.4. The minimum absolute atomic E-state index is 0.00232. The van der Waals surface area contributed by atoms with Crippen molar-refractivity contribution in [1.82, 2.24) is 4.90 Å². The van der Waals surface area contributed by atoms with E-state index in [9.17, 15) is 14.7 Å². The average Bonchev–Trinajstić information content (AvgIpc) is 2.80. The number of aliphatic carboxylic acids is 1. The molecule has 1 fully saturated rings. The van der Waals surface area contributed by atoms with Gasteiger partial charge in [0.2, 0.25) is 0 Å². The van der Waals surface area contributed by atoms with Gasteiger partial charge in [0, 0.05) is 31.9 Å². The maximum Gasteiger partial charge on any atom is 0.326 e. The number of hydrogen-bond acceptors (Lipinski definition) is 3. The second kappa shape index (κ2) is 5.53. The molecule has 1 aromatic carbocycles. The van der Waals surface area contributed by atoms with Crippen LogP contribution in [0.15, 0.2) is 24.3 Å². The van der Waals surface area contributed by atoms with Crippen molar-refractivity contribution in [1.29, 1.82) is 0 Å². The Morgan fingerprint density at radius 2 is 1.85 bits per heavy atom. The van der Waals surface area contributed by atoms with E-state index in [0.717, 1.165) is 12.1 Å². The number of rotatable bonds is 3. The van der Waals surface area contributed by atoms with Crippen LogP contribution in [-0.2, 0) is 4.79 Å². The molecule has 1 saturated heterocycles. The van der Waals surface area contributed by atoms with E-state index in [4.69, 9.17) is 0 Å². The van der Waals surface area contributed by atoms with E-state index < -0.39 is 12.0 Å². The number of anilines is 1. The van der Waals surface area contributed by atoms with Crippen molar-refractivity contribution >= 4 is 17.6 Å². The molecule has 2 rings (SSSR count). The van der Waals surface area contributed by atoms with Gasteiger partial charge in [0.05, 0.1) is 0 Å². The summed E-state index contributed by atoms with van der Waals surface area (Å²) in [5.41, 5.74) is 1.54. The lowest BCUT2D eigenvalue weighted by Gasteiger charge is -2.23. The minimum Gasteiger partial charge on any atom is -0.480 e. The number of carbonyl (C=O) groups is 2. The molecule has 1 aliphatic rings. The van der Waals surface area contributed by atoms with Gasteiger partial charge < -0.3 is 14.9 Å². The molecule has 1 amide bonds. The number of nitrogens with zero attached hydrogens (tertiary/aromatic N) is 2. The van der Waals surface area contributed by atoms with Crippen LogP contribution in [-0.4, -0.2) is 48.6 Å². The van der Waals surface area contributed by atoms with Crippen LogP contribution in [0, 0.1) is 5.92 Å². The molecule has 0 spiro atoms. The zero-order valence-corrected chi connectivity index (χ0v) is 12.0. The highest BCUT2D eigenvalue weighted by Crippen LogP contribution is 2.26. The van der Waals surface area contributed by atoms with E-state index in [1.807, 2.05) is 38.1 Å². The van der Waals surface area contributed by atoms with Crippen molar-refractivity contribution in [2.75, 3.05) is 25.5 Å². The van der Waals surface area contributed by atoms with Gasteiger partial charge in [0.15, 0.2) is 0 Å². The van der Waals surface area contributed by atoms with Crippen LogP contribution in [0.25, 0.3) is 0 Å². The molecule has 0 bridgehead atoms. The Balaban J connectivity index is 2.20. The standard InChI is InChI=1S/C15H20N2O3/c1-10-8-9-17(13(10)15(19)20)14(18)11-4-6-12(7-5-11)16(2)3/h4-7,10,13H,8-9H2,1-3H3,(H,19,20). The molecule has 2 atom stereocenters. The Hall–Kier alpha value is -2.04. The number of hydrogen-bond donors (Lipinski definition) is 1. The van der Waals surface area contributed by atoms with Gasteiger partial charge in [-0.2, -0.15) is 0 Å². The maximum absolute atomic E-state index is 12.4. The smallest absolute Gasteiger partial charge is 0.326 e. The maximum atomic E-state index is 12.4. The third-order valence-electron chi connectivity index (χ3n) is 3.84. The van der Waals surface area contributed by atoms with Crippen molar-refractivity contribution < 1.29 is 14.7 Å². The summed E-state index contributed by atoms with van der Waals surface area (Å²) in [5.74, 6) is -1.13.